The molecule has 1 N–H and O–H groups in total. The summed E-state index contributed by atoms with van der Waals surface area (Å²) in [7, 11) is 0. The van der Waals surface area contributed by atoms with Crippen LogP contribution in [-0.2, 0) is 0 Å². The van der Waals surface area contributed by atoms with Crippen molar-refractivity contribution in [2.45, 2.75) is 24.8 Å². The molecule has 1 nitrogen and oxygen atoms in total. The molecule has 0 bridgehead atoms. The van der Waals surface area contributed by atoms with E-state index in [0.717, 1.165) is 12.8 Å². The van der Waals surface area contributed by atoms with Gasteiger partial charge in [0.05, 0.1) is 0 Å². The number of rotatable bonds is 1. The Balaban J connectivity index is 2.30. The lowest BCUT2D eigenvalue weighted by molar-refractivity contribution is 0.217. The molecular formula is C5H9ClO. The van der Waals surface area contributed by atoms with Crippen molar-refractivity contribution in [3.63, 3.8) is 0 Å². The fourth-order valence-electron chi connectivity index (χ4n) is 0.744. The molecular weight excluding hydrogens is 112 g/mol. The Morgan fingerprint density at radius 2 is 2.43 bits per heavy atom. The first kappa shape index (κ1) is 5.39. The maximum absolute atomic E-state index is 8.86. The molecule has 0 aromatic carbocycles. The second-order valence-electron chi connectivity index (χ2n) is 2.13. The van der Waals surface area contributed by atoms with Crippen LogP contribution >= 0.6 is 11.6 Å². The molecule has 1 saturated carbocycles. The Kier molecular flexibility index (Phi) is 1.05. The van der Waals surface area contributed by atoms with Crippen LogP contribution in [0.4, 0.5) is 0 Å². The normalized spacial score (nSPS) is 49.3. The molecule has 1 rings (SSSR count). The fraction of sp³-hybridized carbons (Fsp3) is 1.00. The van der Waals surface area contributed by atoms with Gasteiger partial charge in [0.25, 0.3) is 0 Å². The van der Waals surface area contributed by atoms with Gasteiger partial charge >= 0.3 is 0 Å². The first-order chi connectivity index (χ1) is 3.17. The molecule has 2 heteroatoms. The molecule has 0 aromatic heterocycles. The van der Waals surface area contributed by atoms with Crippen molar-refractivity contribution in [1.82, 2.24) is 0 Å². The molecule has 0 heterocycles. The van der Waals surface area contributed by atoms with Gasteiger partial charge in [0, 0.05) is 5.92 Å². The molecule has 1 fully saturated rings. The predicted octanol–water partition coefficient (Wildman–Crippen LogP) is 1.34. The van der Waals surface area contributed by atoms with Crippen LogP contribution in [0.3, 0.4) is 0 Å². The van der Waals surface area contributed by atoms with Crippen molar-refractivity contribution < 1.29 is 5.11 Å². The first-order valence-corrected chi connectivity index (χ1v) is 2.96. The largest absolute Gasteiger partial charge is 0.375 e. The monoisotopic (exact) mass is 120 g/mol. The topological polar surface area (TPSA) is 20.2 Å². The highest BCUT2D eigenvalue weighted by Gasteiger charge is 2.49. The Morgan fingerprint density at radius 3 is 2.43 bits per heavy atom. The minimum atomic E-state index is -0.811. The van der Waals surface area contributed by atoms with Crippen LogP contribution < -0.4 is 0 Å². The summed E-state index contributed by atoms with van der Waals surface area (Å²) in [6.07, 6.45) is 1.78. The summed E-state index contributed by atoms with van der Waals surface area (Å²) in [4.78, 5) is 0. The SMILES string of the molecule is CCC1CC1(O)Cl. The van der Waals surface area contributed by atoms with E-state index < -0.39 is 5.06 Å². The van der Waals surface area contributed by atoms with Gasteiger partial charge in [0.15, 0.2) is 0 Å². The van der Waals surface area contributed by atoms with E-state index in [9.17, 15) is 0 Å². The molecule has 0 amide bonds. The number of aliphatic hydroxyl groups is 1. The molecule has 0 spiro atoms. The van der Waals surface area contributed by atoms with Gasteiger partial charge in [-0.3, -0.25) is 0 Å². The van der Waals surface area contributed by atoms with Crippen LogP contribution in [0.1, 0.15) is 19.8 Å². The van der Waals surface area contributed by atoms with Crippen LogP contribution in [0.25, 0.3) is 0 Å². The fourth-order valence-corrected chi connectivity index (χ4v) is 1.08. The van der Waals surface area contributed by atoms with Gasteiger partial charge in [-0.05, 0) is 12.8 Å². The average Bonchev–Trinajstić information content (AvgIpc) is 2.13. The van der Waals surface area contributed by atoms with E-state index in [1.807, 2.05) is 6.92 Å². The third-order valence-electron chi connectivity index (χ3n) is 1.49. The third-order valence-corrected chi connectivity index (χ3v) is 1.95. The number of alkyl halides is 1. The lowest BCUT2D eigenvalue weighted by atomic mass is 10.3. The van der Waals surface area contributed by atoms with Crippen LogP contribution in [-0.4, -0.2) is 10.2 Å². The molecule has 7 heavy (non-hydrogen) atoms. The van der Waals surface area contributed by atoms with Crippen LogP contribution in [0.5, 0.6) is 0 Å². The van der Waals surface area contributed by atoms with E-state index >= 15 is 0 Å². The maximum Gasteiger partial charge on any atom is 0.142 e. The second-order valence-corrected chi connectivity index (χ2v) is 2.78. The second kappa shape index (κ2) is 1.36. The van der Waals surface area contributed by atoms with Crippen molar-refractivity contribution in [1.29, 1.82) is 0 Å². The smallest absolute Gasteiger partial charge is 0.142 e. The van der Waals surface area contributed by atoms with E-state index in [-0.39, 0.29) is 0 Å². The molecule has 0 radical (unpaired) electrons. The number of hydrogen-bond acceptors (Lipinski definition) is 1. The van der Waals surface area contributed by atoms with Crippen LogP contribution in [0.15, 0.2) is 0 Å². The summed E-state index contributed by atoms with van der Waals surface area (Å²) < 4.78 is 0. The number of halogens is 1. The van der Waals surface area contributed by atoms with Gasteiger partial charge in [0.1, 0.15) is 5.06 Å². The lowest BCUT2D eigenvalue weighted by Crippen LogP contribution is -1.97. The Bertz CT molecular complexity index is 80.1. The summed E-state index contributed by atoms with van der Waals surface area (Å²) in [5, 5.41) is 8.05. The van der Waals surface area contributed by atoms with E-state index in [2.05, 4.69) is 0 Å². The molecule has 1 aliphatic carbocycles. The maximum atomic E-state index is 8.86. The minimum absolute atomic E-state index is 0.370. The van der Waals surface area contributed by atoms with Crippen molar-refractivity contribution in [2.24, 2.45) is 5.92 Å². The van der Waals surface area contributed by atoms with Gasteiger partial charge in [-0.15, -0.1) is 0 Å². The summed E-state index contributed by atoms with van der Waals surface area (Å²) in [6.45, 7) is 2.03. The summed E-state index contributed by atoms with van der Waals surface area (Å²) >= 11 is 5.46. The molecule has 0 saturated heterocycles. The highest BCUT2D eigenvalue weighted by atomic mass is 35.5. The van der Waals surface area contributed by atoms with Gasteiger partial charge in [-0.25, -0.2) is 0 Å². The van der Waals surface area contributed by atoms with Gasteiger partial charge in [0.2, 0.25) is 0 Å². The highest BCUT2D eigenvalue weighted by Crippen LogP contribution is 2.48. The standard InChI is InChI=1S/C5H9ClO/c1-2-4-3-5(4,6)7/h4,7H,2-3H2,1H3. The zero-order chi connectivity index (χ0) is 5.49. The van der Waals surface area contributed by atoms with Crippen molar-refractivity contribution in [2.75, 3.05) is 0 Å². The first-order valence-electron chi connectivity index (χ1n) is 2.58. The molecule has 0 aliphatic heterocycles. The van der Waals surface area contributed by atoms with E-state index in [4.69, 9.17) is 16.7 Å². The molecule has 42 valence electrons. The minimum Gasteiger partial charge on any atom is -0.375 e. The zero-order valence-electron chi connectivity index (χ0n) is 4.32. The summed E-state index contributed by atoms with van der Waals surface area (Å²) in [5.41, 5.74) is 0. The van der Waals surface area contributed by atoms with Crippen LogP contribution in [0, 0.1) is 5.92 Å². The average molecular weight is 121 g/mol. The molecule has 2 unspecified atom stereocenters. The molecule has 2 atom stereocenters. The van der Waals surface area contributed by atoms with Crippen molar-refractivity contribution in [3.8, 4) is 0 Å². The summed E-state index contributed by atoms with van der Waals surface area (Å²) in [5.74, 6) is 0.370. The third kappa shape index (κ3) is 0.892. The lowest BCUT2D eigenvalue weighted by Gasteiger charge is -1.92. The number of hydrogen-bond donors (Lipinski definition) is 1. The Morgan fingerprint density at radius 1 is 2.00 bits per heavy atom. The Labute approximate surface area is 48.3 Å². The van der Waals surface area contributed by atoms with Crippen molar-refractivity contribution >= 4 is 11.6 Å². The van der Waals surface area contributed by atoms with E-state index in [0.29, 0.717) is 5.92 Å². The predicted molar refractivity (Wildman–Crippen MR) is 29.2 cm³/mol. The van der Waals surface area contributed by atoms with Gasteiger partial charge in [-0.2, -0.15) is 0 Å². The van der Waals surface area contributed by atoms with Gasteiger partial charge in [-0.1, -0.05) is 18.5 Å². The molecule has 0 aromatic rings. The van der Waals surface area contributed by atoms with Gasteiger partial charge < -0.3 is 5.11 Å². The Hall–Kier alpha value is 0.250. The quantitative estimate of drug-likeness (QED) is 0.518. The van der Waals surface area contributed by atoms with Crippen LogP contribution in [0.2, 0.25) is 0 Å². The highest BCUT2D eigenvalue weighted by molar-refractivity contribution is 6.24. The summed E-state index contributed by atoms with van der Waals surface area (Å²) in [6, 6.07) is 0. The molecule has 1 aliphatic rings. The van der Waals surface area contributed by atoms with E-state index in [1.54, 1.807) is 0 Å². The van der Waals surface area contributed by atoms with Crippen molar-refractivity contribution in [3.05, 3.63) is 0 Å². The van der Waals surface area contributed by atoms with E-state index in [1.165, 1.54) is 0 Å². The zero-order valence-corrected chi connectivity index (χ0v) is 5.07.